The average molecular weight is 354 g/mol. The number of nitrogens with zero attached hydrogens (tertiary/aromatic N) is 3. The van der Waals surface area contributed by atoms with Gasteiger partial charge in [-0.25, -0.2) is 0 Å². The number of thiophene rings is 1. The van der Waals surface area contributed by atoms with Crippen LogP contribution in [0, 0.1) is 6.92 Å². The van der Waals surface area contributed by atoms with Crippen molar-refractivity contribution in [3.8, 4) is 10.7 Å². The number of para-hydroxylation sites is 1. The fourth-order valence-corrected chi connectivity index (χ4v) is 3.52. The van der Waals surface area contributed by atoms with Crippen LogP contribution in [0.25, 0.3) is 10.7 Å². The van der Waals surface area contributed by atoms with Crippen molar-refractivity contribution in [2.75, 3.05) is 25.0 Å². The van der Waals surface area contributed by atoms with E-state index in [2.05, 4.69) is 20.4 Å². The van der Waals surface area contributed by atoms with E-state index in [1.54, 1.807) is 11.3 Å². The number of hydrogen-bond donors (Lipinski definition) is 1. The fraction of sp³-hybridized carbons (Fsp3) is 0.278. The molecule has 1 saturated heterocycles. The van der Waals surface area contributed by atoms with Gasteiger partial charge in [0.1, 0.15) is 0 Å². The third-order valence-corrected chi connectivity index (χ3v) is 5.14. The highest BCUT2D eigenvalue weighted by molar-refractivity contribution is 7.13. The first-order chi connectivity index (χ1) is 12.2. The lowest BCUT2D eigenvalue weighted by atomic mass is 10.0. The summed E-state index contributed by atoms with van der Waals surface area (Å²) in [6.07, 6.45) is 0. The summed E-state index contributed by atoms with van der Waals surface area (Å²) in [6, 6.07) is 11.7. The van der Waals surface area contributed by atoms with Crippen LogP contribution in [0.1, 0.15) is 17.4 Å². The van der Waals surface area contributed by atoms with Gasteiger partial charge in [-0.2, -0.15) is 4.98 Å². The lowest BCUT2D eigenvalue weighted by Crippen LogP contribution is -2.48. The highest BCUT2D eigenvalue weighted by Gasteiger charge is 2.33. The molecule has 6 nitrogen and oxygen atoms in total. The summed E-state index contributed by atoms with van der Waals surface area (Å²) in [5.41, 5.74) is 1.92. The van der Waals surface area contributed by atoms with E-state index < -0.39 is 0 Å². The normalized spacial score (nSPS) is 15.1. The van der Waals surface area contributed by atoms with E-state index >= 15 is 0 Å². The molecule has 1 aromatic carbocycles. The number of amides is 1. The van der Waals surface area contributed by atoms with E-state index in [4.69, 9.17) is 4.52 Å². The van der Waals surface area contributed by atoms with Gasteiger partial charge in [0.2, 0.25) is 17.6 Å². The molecule has 0 unspecified atom stereocenters. The van der Waals surface area contributed by atoms with Crippen molar-refractivity contribution in [1.29, 1.82) is 0 Å². The molecule has 2 aromatic heterocycles. The van der Waals surface area contributed by atoms with E-state index in [1.165, 1.54) is 0 Å². The first-order valence-corrected chi connectivity index (χ1v) is 9.02. The van der Waals surface area contributed by atoms with E-state index in [0.717, 1.165) is 29.2 Å². The molecule has 4 rings (SSSR count). The summed E-state index contributed by atoms with van der Waals surface area (Å²) in [6.45, 7) is 3.87. The Bertz CT molecular complexity index is 869. The van der Waals surface area contributed by atoms with Gasteiger partial charge in [-0.05, 0) is 30.0 Å². The number of carbonyl (C=O) groups excluding carboxylic acids is 1. The molecule has 1 aliphatic rings. The van der Waals surface area contributed by atoms with Crippen molar-refractivity contribution in [1.82, 2.24) is 15.0 Å². The predicted octanol–water partition coefficient (Wildman–Crippen LogP) is 3.14. The Balaban J connectivity index is 1.29. The van der Waals surface area contributed by atoms with Crippen molar-refractivity contribution in [3.05, 3.63) is 53.2 Å². The Morgan fingerprint density at radius 2 is 2.16 bits per heavy atom. The molecule has 3 heterocycles. The van der Waals surface area contributed by atoms with Gasteiger partial charge < -0.3 is 9.84 Å². The molecule has 1 fully saturated rings. The lowest BCUT2D eigenvalue weighted by Gasteiger charge is -2.36. The van der Waals surface area contributed by atoms with Gasteiger partial charge in [-0.1, -0.05) is 29.4 Å². The largest absolute Gasteiger partial charge is 0.339 e. The van der Waals surface area contributed by atoms with Crippen LogP contribution in [0.4, 0.5) is 5.69 Å². The van der Waals surface area contributed by atoms with Gasteiger partial charge in [-0.3, -0.25) is 9.69 Å². The quantitative estimate of drug-likeness (QED) is 0.762. The maximum atomic E-state index is 12.2. The minimum atomic E-state index is -0.00227. The van der Waals surface area contributed by atoms with E-state index in [1.807, 2.05) is 48.7 Å². The number of anilines is 1. The molecular formula is C18H18N4O2S. The maximum Gasteiger partial charge on any atom is 0.238 e. The van der Waals surface area contributed by atoms with Crippen LogP contribution in [0.3, 0.4) is 0 Å². The third-order valence-electron chi connectivity index (χ3n) is 4.28. The molecule has 1 amide bonds. The molecule has 1 N–H and O–H groups in total. The highest BCUT2D eigenvalue weighted by atomic mass is 32.1. The predicted molar refractivity (Wildman–Crippen MR) is 96.6 cm³/mol. The van der Waals surface area contributed by atoms with Crippen LogP contribution < -0.4 is 5.32 Å². The Kier molecular flexibility index (Phi) is 4.33. The molecule has 0 radical (unpaired) electrons. The van der Waals surface area contributed by atoms with Crippen molar-refractivity contribution in [2.24, 2.45) is 0 Å². The van der Waals surface area contributed by atoms with E-state index in [0.29, 0.717) is 18.3 Å². The van der Waals surface area contributed by atoms with Crippen LogP contribution in [-0.2, 0) is 4.79 Å². The summed E-state index contributed by atoms with van der Waals surface area (Å²) in [7, 11) is 0. The Morgan fingerprint density at radius 1 is 1.32 bits per heavy atom. The fourth-order valence-electron chi connectivity index (χ4n) is 2.87. The molecule has 0 aliphatic carbocycles. The summed E-state index contributed by atoms with van der Waals surface area (Å²) in [4.78, 5) is 19.7. The highest BCUT2D eigenvalue weighted by Crippen LogP contribution is 2.28. The van der Waals surface area contributed by atoms with Gasteiger partial charge in [0.25, 0.3) is 0 Å². The molecule has 0 spiro atoms. The molecule has 0 saturated carbocycles. The first kappa shape index (κ1) is 16.0. The molecule has 3 aromatic rings. The van der Waals surface area contributed by atoms with Crippen LogP contribution in [0.5, 0.6) is 0 Å². The van der Waals surface area contributed by atoms with E-state index in [9.17, 15) is 4.79 Å². The number of benzene rings is 1. The maximum absolute atomic E-state index is 12.2. The van der Waals surface area contributed by atoms with Gasteiger partial charge in [0.05, 0.1) is 17.3 Å². The smallest absolute Gasteiger partial charge is 0.238 e. The zero-order valence-electron chi connectivity index (χ0n) is 13.8. The first-order valence-electron chi connectivity index (χ1n) is 8.14. The number of aromatic nitrogens is 2. The van der Waals surface area contributed by atoms with Crippen LogP contribution in [0.15, 0.2) is 46.3 Å². The lowest BCUT2D eigenvalue weighted by molar-refractivity contribution is -0.118. The van der Waals surface area contributed by atoms with Gasteiger partial charge >= 0.3 is 0 Å². The third kappa shape index (κ3) is 3.47. The molecule has 7 heteroatoms. The Hall–Kier alpha value is -2.51. The SMILES string of the molecule is Cc1ccccc1NC(=O)CN1CC(c2nc(-c3cccs3)no2)C1. The second-order valence-corrected chi connectivity index (χ2v) is 7.14. The zero-order valence-corrected chi connectivity index (χ0v) is 14.6. The van der Waals surface area contributed by atoms with Gasteiger partial charge in [0.15, 0.2) is 0 Å². The number of aryl methyl sites for hydroxylation is 1. The van der Waals surface area contributed by atoms with Crippen molar-refractivity contribution in [2.45, 2.75) is 12.8 Å². The van der Waals surface area contributed by atoms with E-state index in [-0.39, 0.29) is 11.8 Å². The molecule has 128 valence electrons. The molecule has 1 aliphatic heterocycles. The molecule has 0 bridgehead atoms. The van der Waals surface area contributed by atoms with Gasteiger partial charge in [-0.15, -0.1) is 11.3 Å². The van der Waals surface area contributed by atoms with Crippen LogP contribution >= 0.6 is 11.3 Å². The summed E-state index contributed by atoms with van der Waals surface area (Å²) >= 11 is 1.59. The second kappa shape index (κ2) is 6.78. The summed E-state index contributed by atoms with van der Waals surface area (Å²) in [5, 5.41) is 8.99. The minimum absolute atomic E-state index is 0.00227. The van der Waals surface area contributed by atoms with Gasteiger partial charge in [0, 0.05) is 18.8 Å². The zero-order chi connectivity index (χ0) is 17.2. The summed E-state index contributed by atoms with van der Waals surface area (Å²) < 4.78 is 5.38. The minimum Gasteiger partial charge on any atom is -0.339 e. The number of rotatable bonds is 5. The standard InChI is InChI=1S/C18H18N4O2S/c1-12-5-2-3-6-14(12)19-16(23)11-22-9-13(10-22)18-20-17(21-24-18)15-7-4-8-25-15/h2-8,13H,9-11H2,1H3,(H,19,23). The van der Waals surface area contributed by atoms with Crippen molar-refractivity contribution in [3.63, 3.8) is 0 Å². The number of carbonyl (C=O) groups is 1. The monoisotopic (exact) mass is 354 g/mol. The number of likely N-dealkylation sites (tertiary alicyclic amines) is 1. The van der Waals surface area contributed by atoms with Crippen molar-refractivity contribution < 1.29 is 9.32 Å². The number of hydrogen-bond acceptors (Lipinski definition) is 6. The van der Waals surface area contributed by atoms with Crippen LogP contribution in [0.2, 0.25) is 0 Å². The molecule has 0 atom stereocenters. The van der Waals surface area contributed by atoms with Crippen LogP contribution in [-0.4, -0.2) is 40.6 Å². The number of nitrogens with one attached hydrogen (secondary N) is 1. The average Bonchev–Trinajstić information content (AvgIpc) is 3.23. The second-order valence-electron chi connectivity index (χ2n) is 6.19. The molecular weight excluding hydrogens is 336 g/mol. The van der Waals surface area contributed by atoms with Crippen molar-refractivity contribution >= 4 is 22.9 Å². The Morgan fingerprint density at radius 3 is 2.92 bits per heavy atom. The summed E-state index contributed by atoms with van der Waals surface area (Å²) in [5.74, 6) is 1.49. The molecule has 25 heavy (non-hydrogen) atoms. The Labute approximate surface area is 149 Å². The topological polar surface area (TPSA) is 71.3 Å².